The Morgan fingerprint density at radius 2 is 1.88 bits per heavy atom. The summed E-state index contributed by atoms with van der Waals surface area (Å²) in [6.07, 6.45) is 2.09. The first-order chi connectivity index (χ1) is 7.31. The summed E-state index contributed by atoms with van der Waals surface area (Å²) in [5.41, 5.74) is 3.55. The second-order valence-corrected chi connectivity index (χ2v) is 3.79. The zero-order valence-electron chi connectivity index (χ0n) is 9.34. The van der Waals surface area contributed by atoms with E-state index in [4.69, 9.17) is 0 Å². The molecule has 0 amide bonds. The highest BCUT2D eigenvalue weighted by Crippen LogP contribution is 2.20. The fourth-order valence-corrected chi connectivity index (χ4v) is 2.17. The number of halogens is 1. The molecule has 1 aromatic carbocycles. The van der Waals surface area contributed by atoms with Crippen molar-refractivity contribution in [3.63, 3.8) is 0 Å². The highest BCUT2D eigenvalue weighted by Gasteiger charge is 2.10. The van der Waals surface area contributed by atoms with Crippen LogP contribution in [0, 0.1) is 6.92 Å². The zero-order chi connectivity index (χ0) is 10.4. The number of benzene rings is 1. The van der Waals surface area contributed by atoms with Crippen molar-refractivity contribution in [3.8, 4) is 0 Å². The van der Waals surface area contributed by atoms with Crippen LogP contribution in [0.15, 0.2) is 30.5 Å². The highest BCUT2D eigenvalue weighted by atomic mass is 35.5. The summed E-state index contributed by atoms with van der Waals surface area (Å²) in [6, 6.07) is 8.41. The second kappa shape index (κ2) is 3.83. The van der Waals surface area contributed by atoms with Crippen LogP contribution in [0.25, 0.3) is 16.8 Å². The van der Waals surface area contributed by atoms with Gasteiger partial charge in [-0.15, -0.1) is 12.4 Å². The predicted octanol–water partition coefficient (Wildman–Crippen LogP) is 3.04. The lowest BCUT2D eigenvalue weighted by Crippen LogP contribution is -1.94. The molecule has 0 fully saturated rings. The lowest BCUT2D eigenvalue weighted by molar-refractivity contribution is 0.806. The largest absolute Gasteiger partial charge is 0.310 e. The van der Waals surface area contributed by atoms with Crippen molar-refractivity contribution in [2.75, 3.05) is 0 Å². The van der Waals surface area contributed by atoms with E-state index < -0.39 is 0 Å². The number of aromatic nitrogens is 3. The number of para-hydroxylation sites is 2. The molecule has 84 valence electrons. The molecular weight excluding hydrogens is 222 g/mol. The summed E-state index contributed by atoms with van der Waals surface area (Å²) in [7, 11) is 0. The molecule has 0 aliphatic carbocycles. The Morgan fingerprint density at radius 3 is 2.56 bits per heavy atom. The molecule has 3 rings (SSSR count). The van der Waals surface area contributed by atoms with Gasteiger partial charge in [0.15, 0.2) is 0 Å². The number of rotatable bonds is 1. The summed E-state index contributed by atoms with van der Waals surface area (Å²) in [5, 5.41) is 0. The van der Waals surface area contributed by atoms with Gasteiger partial charge in [0.25, 0.3) is 0 Å². The van der Waals surface area contributed by atoms with E-state index in [1.807, 2.05) is 6.92 Å². The molecule has 0 N–H and O–H groups in total. The van der Waals surface area contributed by atoms with Gasteiger partial charge >= 0.3 is 0 Å². The monoisotopic (exact) mass is 235 g/mol. The van der Waals surface area contributed by atoms with E-state index in [9.17, 15) is 0 Å². The number of hydrogen-bond acceptors (Lipinski definition) is 1. The van der Waals surface area contributed by atoms with Crippen LogP contribution in [-0.2, 0) is 6.54 Å². The molecule has 0 atom stereocenters. The van der Waals surface area contributed by atoms with Crippen LogP contribution >= 0.6 is 12.4 Å². The first-order valence-electron chi connectivity index (χ1n) is 5.24. The molecule has 0 spiro atoms. The average molecular weight is 236 g/mol. The molecule has 0 unspecified atom stereocenters. The fraction of sp³-hybridized carbons (Fsp3) is 0.250. The quantitative estimate of drug-likeness (QED) is 0.636. The Bertz CT molecular complexity index is 636. The summed E-state index contributed by atoms with van der Waals surface area (Å²) in [4.78, 5) is 4.55. The first kappa shape index (κ1) is 11.0. The molecule has 0 saturated carbocycles. The van der Waals surface area contributed by atoms with E-state index in [0.717, 1.165) is 18.0 Å². The lowest BCUT2D eigenvalue weighted by atomic mass is 10.3. The van der Waals surface area contributed by atoms with Gasteiger partial charge in [0.1, 0.15) is 0 Å². The number of imidazole rings is 2. The lowest BCUT2D eigenvalue weighted by Gasteiger charge is -1.98. The maximum atomic E-state index is 4.55. The van der Waals surface area contributed by atoms with Gasteiger partial charge in [0, 0.05) is 12.7 Å². The molecule has 2 heterocycles. The van der Waals surface area contributed by atoms with Crippen LogP contribution in [0.2, 0.25) is 0 Å². The Morgan fingerprint density at radius 1 is 1.19 bits per heavy atom. The van der Waals surface area contributed by atoms with Gasteiger partial charge in [-0.25, -0.2) is 4.98 Å². The van der Waals surface area contributed by atoms with Gasteiger partial charge in [0.05, 0.1) is 16.7 Å². The third-order valence-electron chi connectivity index (χ3n) is 2.80. The maximum Gasteiger partial charge on any atom is 0.215 e. The summed E-state index contributed by atoms with van der Waals surface area (Å²) in [5.74, 6) is 1.04. The Labute approximate surface area is 100 Å². The summed E-state index contributed by atoms with van der Waals surface area (Å²) >= 11 is 0. The van der Waals surface area contributed by atoms with Gasteiger partial charge in [-0.3, -0.25) is 4.40 Å². The Kier molecular flexibility index (Phi) is 2.64. The molecule has 0 saturated heterocycles. The minimum Gasteiger partial charge on any atom is -0.310 e. The molecule has 3 aromatic rings. The van der Waals surface area contributed by atoms with Gasteiger partial charge in [-0.05, 0) is 26.0 Å². The second-order valence-electron chi connectivity index (χ2n) is 3.79. The highest BCUT2D eigenvalue weighted by molar-refractivity contribution is 5.85. The SMILES string of the molecule is CCn1c2ccccc2n2cc(C)nc12.Cl. The van der Waals surface area contributed by atoms with E-state index in [0.29, 0.717) is 0 Å². The smallest absolute Gasteiger partial charge is 0.215 e. The molecule has 0 radical (unpaired) electrons. The van der Waals surface area contributed by atoms with Gasteiger partial charge in [-0.1, -0.05) is 12.1 Å². The number of fused-ring (bicyclic) bond motifs is 3. The van der Waals surface area contributed by atoms with Crippen molar-refractivity contribution in [2.24, 2.45) is 0 Å². The molecular formula is C12H14ClN3. The van der Waals surface area contributed by atoms with Crippen molar-refractivity contribution >= 4 is 29.2 Å². The van der Waals surface area contributed by atoms with Crippen LogP contribution in [-0.4, -0.2) is 14.0 Å². The van der Waals surface area contributed by atoms with Crippen molar-refractivity contribution in [2.45, 2.75) is 20.4 Å². The van der Waals surface area contributed by atoms with Crippen LogP contribution in [0.1, 0.15) is 12.6 Å². The fourth-order valence-electron chi connectivity index (χ4n) is 2.17. The molecule has 0 bridgehead atoms. The van der Waals surface area contributed by atoms with Gasteiger partial charge in [-0.2, -0.15) is 0 Å². The molecule has 0 aliphatic heterocycles. The normalized spacial score (nSPS) is 10.9. The van der Waals surface area contributed by atoms with E-state index in [-0.39, 0.29) is 12.4 Å². The Balaban J connectivity index is 0.000000963. The van der Waals surface area contributed by atoms with Crippen LogP contribution in [0.3, 0.4) is 0 Å². The topological polar surface area (TPSA) is 22.2 Å². The van der Waals surface area contributed by atoms with Crippen molar-refractivity contribution < 1.29 is 0 Å². The average Bonchev–Trinajstić information content (AvgIpc) is 2.73. The number of aryl methyl sites for hydroxylation is 2. The molecule has 0 aliphatic rings. The van der Waals surface area contributed by atoms with Crippen LogP contribution in [0.5, 0.6) is 0 Å². The maximum absolute atomic E-state index is 4.55. The van der Waals surface area contributed by atoms with E-state index >= 15 is 0 Å². The Hall–Kier alpha value is -1.48. The van der Waals surface area contributed by atoms with E-state index in [2.05, 4.69) is 51.3 Å². The minimum atomic E-state index is 0. The molecule has 16 heavy (non-hydrogen) atoms. The third-order valence-corrected chi connectivity index (χ3v) is 2.80. The van der Waals surface area contributed by atoms with Crippen LogP contribution < -0.4 is 0 Å². The third kappa shape index (κ3) is 1.32. The standard InChI is InChI=1S/C12H13N3.ClH/c1-3-14-10-6-4-5-7-11(10)15-8-9(2)13-12(14)15;/h4-8H,3H2,1-2H3;1H. The van der Waals surface area contributed by atoms with Crippen LogP contribution in [0.4, 0.5) is 0 Å². The van der Waals surface area contributed by atoms with E-state index in [1.54, 1.807) is 0 Å². The van der Waals surface area contributed by atoms with Gasteiger partial charge in [0.2, 0.25) is 5.78 Å². The predicted molar refractivity (Wildman–Crippen MR) is 68.3 cm³/mol. The van der Waals surface area contributed by atoms with Crippen molar-refractivity contribution in [1.82, 2.24) is 14.0 Å². The number of nitrogens with zero attached hydrogens (tertiary/aromatic N) is 3. The molecule has 2 aromatic heterocycles. The minimum absolute atomic E-state index is 0. The molecule has 4 heteroatoms. The van der Waals surface area contributed by atoms with Gasteiger partial charge < -0.3 is 4.57 Å². The first-order valence-corrected chi connectivity index (χ1v) is 5.24. The summed E-state index contributed by atoms with van der Waals surface area (Å²) < 4.78 is 4.40. The van der Waals surface area contributed by atoms with E-state index in [1.165, 1.54) is 11.0 Å². The zero-order valence-corrected chi connectivity index (χ0v) is 10.2. The van der Waals surface area contributed by atoms with Crippen molar-refractivity contribution in [1.29, 1.82) is 0 Å². The number of hydrogen-bond donors (Lipinski definition) is 0. The summed E-state index contributed by atoms with van der Waals surface area (Å²) in [6.45, 7) is 5.13. The van der Waals surface area contributed by atoms with Crippen molar-refractivity contribution in [3.05, 3.63) is 36.2 Å². The molecule has 3 nitrogen and oxygen atoms in total.